The summed E-state index contributed by atoms with van der Waals surface area (Å²) in [6.07, 6.45) is 4.74. The molecule has 0 aliphatic rings. The maximum atomic E-state index is 5.10. The van der Waals surface area contributed by atoms with Crippen LogP contribution in [0.25, 0.3) is 0 Å². The van der Waals surface area contributed by atoms with E-state index >= 15 is 0 Å². The molecule has 0 aromatic carbocycles. The van der Waals surface area contributed by atoms with Crippen LogP contribution in [0.5, 0.6) is 0 Å². The molecule has 0 bridgehead atoms. The van der Waals surface area contributed by atoms with Crippen LogP contribution in [0.4, 0.5) is 0 Å². The lowest BCUT2D eigenvalue weighted by Crippen LogP contribution is -2.22. The summed E-state index contributed by atoms with van der Waals surface area (Å²) in [7, 11) is 0. The normalized spacial score (nSPS) is 11.0. The van der Waals surface area contributed by atoms with Gasteiger partial charge in [-0.3, -0.25) is 9.97 Å². The second kappa shape index (κ2) is 4.15. The lowest BCUT2D eigenvalue weighted by Gasteiger charge is -1.94. The Morgan fingerprint density at radius 1 is 1.31 bits per heavy atom. The van der Waals surface area contributed by atoms with Gasteiger partial charge in [0, 0.05) is 12.4 Å². The highest BCUT2D eigenvalue weighted by molar-refractivity contribution is 5.96. The maximum Gasteiger partial charge on any atom is 0.211 e. The Balaban J connectivity index is 2.86. The number of nitrogens with zero attached hydrogens (tertiary/aromatic N) is 4. The highest BCUT2D eigenvalue weighted by Crippen LogP contribution is 1.93. The molecule has 6 heteroatoms. The first-order valence-electron chi connectivity index (χ1n) is 3.59. The number of aromatic nitrogens is 2. The van der Waals surface area contributed by atoms with Gasteiger partial charge in [0.1, 0.15) is 5.69 Å². The molecule has 0 saturated carbocycles. The van der Waals surface area contributed by atoms with E-state index in [0.29, 0.717) is 11.4 Å². The summed E-state index contributed by atoms with van der Waals surface area (Å²) in [4.78, 5) is 7.89. The Hall–Kier alpha value is -1.98. The zero-order valence-electron chi connectivity index (χ0n) is 7.18. The van der Waals surface area contributed by atoms with Gasteiger partial charge >= 0.3 is 0 Å². The van der Waals surface area contributed by atoms with Crippen molar-refractivity contribution in [2.24, 2.45) is 21.7 Å². The number of nitrogens with two attached hydrogens (primary N) is 2. The van der Waals surface area contributed by atoms with Crippen molar-refractivity contribution in [2.75, 3.05) is 0 Å². The van der Waals surface area contributed by atoms with E-state index in [1.807, 2.05) is 0 Å². The maximum absolute atomic E-state index is 5.10. The van der Waals surface area contributed by atoms with Crippen molar-refractivity contribution >= 4 is 11.7 Å². The van der Waals surface area contributed by atoms with E-state index in [4.69, 9.17) is 11.5 Å². The third-order valence-electron chi connectivity index (χ3n) is 1.25. The summed E-state index contributed by atoms with van der Waals surface area (Å²) in [5, 5.41) is 7.24. The van der Waals surface area contributed by atoms with Gasteiger partial charge in [-0.2, -0.15) is 0 Å². The van der Waals surface area contributed by atoms with Crippen LogP contribution in [0.15, 0.2) is 28.8 Å². The molecule has 0 unspecified atom stereocenters. The van der Waals surface area contributed by atoms with Crippen LogP contribution in [0.2, 0.25) is 0 Å². The summed E-state index contributed by atoms with van der Waals surface area (Å²) in [5.74, 6) is -0.0803. The standard InChI is InChI=1S/C7H10N6/c1-5(12-13-7(8)9)6-4-10-2-3-11-6/h2-4H,1H3,(H4,8,9,13). The molecule has 1 rings (SSSR count). The van der Waals surface area contributed by atoms with E-state index < -0.39 is 0 Å². The molecule has 13 heavy (non-hydrogen) atoms. The fourth-order valence-electron chi connectivity index (χ4n) is 0.670. The second-order valence-corrected chi connectivity index (χ2v) is 2.30. The average Bonchev–Trinajstić information content (AvgIpc) is 2.15. The number of hydrogen-bond acceptors (Lipinski definition) is 4. The van der Waals surface area contributed by atoms with E-state index in [-0.39, 0.29) is 5.96 Å². The second-order valence-electron chi connectivity index (χ2n) is 2.30. The lowest BCUT2D eigenvalue weighted by molar-refractivity contribution is 1.14. The lowest BCUT2D eigenvalue weighted by atomic mass is 10.3. The topological polar surface area (TPSA) is 103 Å². The molecule has 68 valence electrons. The molecule has 0 fully saturated rings. The minimum Gasteiger partial charge on any atom is -0.369 e. The van der Waals surface area contributed by atoms with Crippen LogP contribution >= 0.6 is 0 Å². The molecule has 0 aliphatic carbocycles. The molecule has 6 nitrogen and oxygen atoms in total. The van der Waals surface area contributed by atoms with E-state index in [2.05, 4.69) is 20.2 Å². The Kier molecular flexibility index (Phi) is 2.91. The van der Waals surface area contributed by atoms with Crippen LogP contribution in [0.1, 0.15) is 12.6 Å². The molecular formula is C7H10N6. The first kappa shape index (κ1) is 9.11. The third-order valence-corrected chi connectivity index (χ3v) is 1.25. The van der Waals surface area contributed by atoms with Crippen LogP contribution in [0.3, 0.4) is 0 Å². The third kappa shape index (κ3) is 2.86. The zero-order valence-corrected chi connectivity index (χ0v) is 7.18. The Morgan fingerprint density at radius 2 is 2.08 bits per heavy atom. The van der Waals surface area contributed by atoms with Crippen molar-refractivity contribution in [2.45, 2.75) is 6.92 Å². The van der Waals surface area contributed by atoms with Crippen LogP contribution in [-0.4, -0.2) is 21.6 Å². The van der Waals surface area contributed by atoms with Gasteiger partial charge in [-0.1, -0.05) is 0 Å². The molecule has 0 aliphatic heterocycles. The quantitative estimate of drug-likeness (QED) is 0.361. The summed E-state index contributed by atoms with van der Waals surface area (Å²) in [5.41, 5.74) is 11.5. The van der Waals surface area contributed by atoms with Crippen molar-refractivity contribution in [3.8, 4) is 0 Å². The monoisotopic (exact) mass is 178 g/mol. The van der Waals surface area contributed by atoms with Gasteiger partial charge < -0.3 is 11.5 Å². The fraction of sp³-hybridized carbons (Fsp3) is 0.143. The summed E-state index contributed by atoms with van der Waals surface area (Å²) in [6.45, 7) is 1.75. The Labute approximate surface area is 75.4 Å². The molecule has 0 atom stereocenters. The van der Waals surface area contributed by atoms with E-state index in [9.17, 15) is 0 Å². The molecule has 0 amide bonds. The fourth-order valence-corrected chi connectivity index (χ4v) is 0.670. The van der Waals surface area contributed by atoms with Crippen molar-refractivity contribution in [3.63, 3.8) is 0 Å². The number of guanidine groups is 1. The Morgan fingerprint density at radius 3 is 2.62 bits per heavy atom. The SMILES string of the molecule is CC(=NN=C(N)N)c1cnccn1. The van der Waals surface area contributed by atoms with E-state index in [1.165, 1.54) is 0 Å². The molecule has 4 N–H and O–H groups in total. The largest absolute Gasteiger partial charge is 0.369 e. The molecule has 0 radical (unpaired) electrons. The predicted molar refractivity (Wildman–Crippen MR) is 50.1 cm³/mol. The molecule has 1 aromatic heterocycles. The molecule has 1 aromatic rings. The first-order chi connectivity index (χ1) is 6.20. The zero-order chi connectivity index (χ0) is 9.68. The van der Waals surface area contributed by atoms with E-state index in [0.717, 1.165) is 0 Å². The molecule has 0 saturated heterocycles. The van der Waals surface area contributed by atoms with Gasteiger partial charge in [0.2, 0.25) is 5.96 Å². The van der Waals surface area contributed by atoms with Crippen molar-refractivity contribution < 1.29 is 0 Å². The van der Waals surface area contributed by atoms with Crippen molar-refractivity contribution in [3.05, 3.63) is 24.3 Å². The minimum absolute atomic E-state index is 0.0803. The van der Waals surface area contributed by atoms with Crippen LogP contribution in [-0.2, 0) is 0 Å². The van der Waals surface area contributed by atoms with Crippen LogP contribution < -0.4 is 11.5 Å². The van der Waals surface area contributed by atoms with Gasteiger partial charge in [0.05, 0.1) is 11.9 Å². The molecule has 0 spiro atoms. The van der Waals surface area contributed by atoms with Crippen molar-refractivity contribution in [1.29, 1.82) is 0 Å². The van der Waals surface area contributed by atoms with Crippen LogP contribution in [0, 0.1) is 0 Å². The highest BCUT2D eigenvalue weighted by atomic mass is 15.3. The highest BCUT2D eigenvalue weighted by Gasteiger charge is 1.96. The van der Waals surface area contributed by atoms with Gasteiger partial charge in [-0.25, -0.2) is 0 Å². The minimum atomic E-state index is -0.0803. The Bertz CT molecular complexity index is 324. The summed E-state index contributed by atoms with van der Waals surface area (Å²) in [6, 6.07) is 0. The first-order valence-corrected chi connectivity index (χ1v) is 3.59. The van der Waals surface area contributed by atoms with E-state index in [1.54, 1.807) is 25.5 Å². The average molecular weight is 178 g/mol. The molecular weight excluding hydrogens is 168 g/mol. The smallest absolute Gasteiger partial charge is 0.211 e. The summed E-state index contributed by atoms with van der Waals surface area (Å²) >= 11 is 0. The van der Waals surface area contributed by atoms with Crippen molar-refractivity contribution in [1.82, 2.24) is 9.97 Å². The predicted octanol–water partition coefficient (Wildman–Crippen LogP) is -0.526. The van der Waals surface area contributed by atoms with Gasteiger partial charge in [0.25, 0.3) is 0 Å². The van der Waals surface area contributed by atoms with Gasteiger partial charge in [-0.05, 0) is 6.92 Å². The van der Waals surface area contributed by atoms with Gasteiger partial charge in [-0.15, -0.1) is 10.2 Å². The number of hydrogen-bond donors (Lipinski definition) is 2. The number of rotatable bonds is 2. The summed E-state index contributed by atoms with van der Waals surface area (Å²) < 4.78 is 0. The molecule has 1 heterocycles. The van der Waals surface area contributed by atoms with Gasteiger partial charge in [0.15, 0.2) is 0 Å².